The van der Waals surface area contributed by atoms with Gasteiger partial charge >= 0.3 is 0 Å². The Morgan fingerprint density at radius 2 is 1.77 bits per heavy atom. The van der Waals surface area contributed by atoms with Gasteiger partial charge in [-0.2, -0.15) is 0 Å². The average molecular weight is 377 g/mol. The van der Waals surface area contributed by atoms with Gasteiger partial charge < -0.3 is 14.4 Å². The molecule has 2 aliphatic heterocycles. The van der Waals surface area contributed by atoms with Crippen LogP contribution in [0.2, 0.25) is 5.02 Å². The van der Waals surface area contributed by atoms with E-state index in [0.29, 0.717) is 12.2 Å². The van der Waals surface area contributed by atoms with Crippen LogP contribution in [0.3, 0.4) is 0 Å². The predicted octanol–water partition coefficient (Wildman–Crippen LogP) is 3.59. The molecule has 2 fully saturated rings. The van der Waals surface area contributed by atoms with Crippen LogP contribution in [0.15, 0.2) is 12.1 Å². The van der Waals surface area contributed by atoms with E-state index < -0.39 is 0 Å². The molecule has 1 aromatic carbocycles. The first-order chi connectivity index (χ1) is 12.4. The lowest BCUT2D eigenvalue weighted by molar-refractivity contribution is 0.0297. The van der Waals surface area contributed by atoms with Crippen molar-refractivity contribution in [2.24, 2.45) is 7.05 Å². The van der Waals surface area contributed by atoms with Crippen LogP contribution in [0, 0.1) is 13.8 Å². The molecule has 2 aliphatic rings. The number of benzene rings is 1. The summed E-state index contributed by atoms with van der Waals surface area (Å²) in [5.74, 6) is 2.56. The molecule has 3 atom stereocenters. The molecule has 0 spiro atoms. The Balaban J connectivity index is 1.54. The quantitative estimate of drug-likeness (QED) is 0.816. The van der Waals surface area contributed by atoms with Crippen molar-refractivity contribution < 1.29 is 9.47 Å². The summed E-state index contributed by atoms with van der Waals surface area (Å²) < 4.78 is 14.2. The van der Waals surface area contributed by atoms with Crippen LogP contribution in [0.4, 0.5) is 5.95 Å². The Bertz CT molecular complexity index is 787. The minimum atomic E-state index is -0.211. The maximum absolute atomic E-state index is 6.23. The standard InChI is InChI=1S/C19H25ClN4O2/c1-11-7-14(20)8-12(2)17(11)25-13(3)18-21-22-19(23(18)4)24-9-15-5-6-16(10-24)26-15/h7-8,13,15-16H,5-6,9-10H2,1-4H3. The fraction of sp³-hybridized carbons (Fsp3) is 0.579. The molecule has 26 heavy (non-hydrogen) atoms. The van der Waals surface area contributed by atoms with E-state index in [1.165, 1.54) is 0 Å². The molecule has 2 aromatic rings. The molecule has 1 aromatic heterocycles. The number of rotatable bonds is 4. The average Bonchev–Trinajstić information content (AvgIpc) is 3.13. The molecule has 6 nitrogen and oxygen atoms in total. The van der Waals surface area contributed by atoms with Gasteiger partial charge in [0.15, 0.2) is 11.9 Å². The SMILES string of the molecule is Cc1cc(Cl)cc(C)c1OC(C)c1nnc(N2CC3CCC(C2)O3)n1C. The van der Waals surface area contributed by atoms with Crippen molar-refractivity contribution in [1.29, 1.82) is 0 Å². The van der Waals surface area contributed by atoms with Crippen molar-refractivity contribution in [3.8, 4) is 5.75 Å². The number of anilines is 1. The predicted molar refractivity (Wildman–Crippen MR) is 101 cm³/mol. The molecular formula is C19H25ClN4O2. The van der Waals surface area contributed by atoms with Gasteiger partial charge in [0.2, 0.25) is 5.95 Å². The number of hydrogen-bond acceptors (Lipinski definition) is 5. The number of halogens is 1. The maximum Gasteiger partial charge on any atom is 0.227 e. The summed E-state index contributed by atoms with van der Waals surface area (Å²) >= 11 is 6.12. The van der Waals surface area contributed by atoms with Crippen molar-refractivity contribution in [2.45, 2.75) is 51.9 Å². The van der Waals surface area contributed by atoms with Crippen molar-refractivity contribution in [1.82, 2.24) is 14.8 Å². The molecule has 2 bridgehead atoms. The summed E-state index contributed by atoms with van der Waals surface area (Å²) in [5, 5.41) is 9.58. The smallest absolute Gasteiger partial charge is 0.227 e. The van der Waals surface area contributed by atoms with Gasteiger partial charge in [0, 0.05) is 25.2 Å². The third-order valence-corrected chi connectivity index (χ3v) is 5.51. The first-order valence-electron chi connectivity index (χ1n) is 9.15. The van der Waals surface area contributed by atoms with E-state index in [1.807, 2.05) is 44.5 Å². The van der Waals surface area contributed by atoms with Crippen LogP contribution < -0.4 is 9.64 Å². The molecule has 0 amide bonds. The van der Waals surface area contributed by atoms with Crippen LogP contribution in [-0.4, -0.2) is 40.1 Å². The molecule has 140 valence electrons. The third kappa shape index (κ3) is 3.16. The fourth-order valence-electron chi connectivity index (χ4n) is 4.05. The zero-order chi connectivity index (χ0) is 18.4. The minimum Gasteiger partial charge on any atom is -0.482 e. The number of hydrogen-bond donors (Lipinski definition) is 0. The Kier molecular flexibility index (Phi) is 4.57. The molecule has 0 N–H and O–H groups in total. The number of fused-ring (bicyclic) bond motifs is 2. The van der Waals surface area contributed by atoms with Crippen LogP contribution in [0.5, 0.6) is 5.75 Å². The number of aryl methyl sites for hydroxylation is 2. The normalized spacial score (nSPS) is 23.3. The lowest BCUT2D eigenvalue weighted by Crippen LogP contribution is -2.43. The molecular weight excluding hydrogens is 352 g/mol. The first kappa shape index (κ1) is 17.6. The second kappa shape index (κ2) is 6.74. The van der Waals surface area contributed by atoms with Gasteiger partial charge in [-0.3, -0.25) is 4.57 Å². The van der Waals surface area contributed by atoms with Crippen LogP contribution in [-0.2, 0) is 11.8 Å². The fourth-order valence-corrected chi connectivity index (χ4v) is 4.38. The van der Waals surface area contributed by atoms with Gasteiger partial charge in [-0.1, -0.05) is 11.6 Å². The summed E-state index contributed by atoms with van der Waals surface area (Å²) in [5.41, 5.74) is 2.04. The monoisotopic (exact) mass is 376 g/mol. The Labute approximate surface area is 159 Å². The molecule has 0 radical (unpaired) electrons. The van der Waals surface area contributed by atoms with E-state index in [2.05, 4.69) is 15.1 Å². The number of ether oxygens (including phenoxy) is 2. The molecule has 0 aliphatic carbocycles. The molecule has 3 unspecified atom stereocenters. The highest BCUT2D eigenvalue weighted by Gasteiger charge is 2.35. The van der Waals surface area contributed by atoms with Crippen LogP contribution in [0.1, 0.15) is 42.8 Å². The van der Waals surface area contributed by atoms with Gasteiger partial charge in [-0.15, -0.1) is 10.2 Å². The molecule has 4 rings (SSSR count). The van der Waals surface area contributed by atoms with Crippen LogP contribution >= 0.6 is 11.6 Å². The molecule has 3 heterocycles. The Hall–Kier alpha value is -1.79. The highest BCUT2D eigenvalue weighted by Crippen LogP contribution is 2.32. The zero-order valence-electron chi connectivity index (χ0n) is 15.7. The van der Waals surface area contributed by atoms with E-state index >= 15 is 0 Å². The topological polar surface area (TPSA) is 52.4 Å². The molecule has 0 saturated carbocycles. The summed E-state index contributed by atoms with van der Waals surface area (Å²) in [6.45, 7) is 7.78. The van der Waals surface area contributed by atoms with Crippen molar-refractivity contribution in [2.75, 3.05) is 18.0 Å². The number of nitrogens with zero attached hydrogens (tertiary/aromatic N) is 4. The summed E-state index contributed by atoms with van der Waals surface area (Å²) in [6, 6.07) is 3.84. The van der Waals surface area contributed by atoms with Gasteiger partial charge in [0.1, 0.15) is 5.75 Å². The third-order valence-electron chi connectivity index (χ3n) is 5.30. The molecule has 7 heteroatoms. The Morgan fingerprint density at radius 3 is 2.38 bits per heavy atom. The van der Waals surface area contributed by atoms with E-state index in [0.717, 1.165) is 59.6 Å². The van der Waals surface area contributed by atoms with Crippen molar-refractivity contribution in [3.63, 3.8) is 0 Å². The minimum absolute atomic E-state index is 0.211. The van der Waals surface area contributed by atoms with E-state index in [9.17, 15) is 0 Å². The van der Waals surface area contributed by atoms with E-state index in [1.54, 1.807) is 0 Å². The lowest BCUT2D eigenvalue weighted by Gasteiger charge is -2.32. The first-order valence-corrected chi connectivity index (χ1v) is 9.53. The van der Waals surface area contributed by atoms with Gasteiger partial charge in [-0.25, -0.2) is 0 Å². The highest BCUT2D eigenvalue weighted by molar-refractivity contribution is 6.30. The van der Waals surface area contributed by atoms with Gasteiger partial charge in [0.25, 0.3) is 0 Å². The summed E-state index contributed by atoms with van der Waals surface area (Å²) in [6.07, 6.45) is 2.71. The maximum atomic E-state index is 6.23. The number of morpholine rings is 1. The van der Waals surface area contributed by atoms with Crippen LogP contribution in [0.25, 0.3) is 0 Å². The largest absolute Gasteiger partial charge is 0.482 e. The second-order valence-electron chi connectivity index (χ2n) is 7.41. The van der Waals surface area contributed by atoms with E-state index in [-0.39, 0.29) is 6.10 Å². The number of aromatic nitrogens is 3. The lowest BCUT2D eigenvalue weighted by atomic mass is 10.1. The van der Waals surface area contributed by atoms with Crippen molar-refractivity contribution >= 4 is 17.5 Å². The summed E-state index contributed by atoms with van der Waals surface area (Å²) in [4.78, 5) is 2.29. The molecule has 2 saturated heterocycles. The highest BCUT2D eigenvalue weighted by atomic mass is 35.5. The Morgan fingerprint density at radius 1 is 1.15 bits per heavy atom. The van der Waals surface area contributed by atoms with Gasteiger partial charge in [-0.05, 0) is 56.9 Å². The van der Waals surface area contributed by atoms with Crippen molar-refractivity contribution in [3.05, 3.63) is 34.1 Å². The zero-order valence-corrected chi connectivity index (χ0v) is 16.5. The second-order valence-corrected chi connectivity index (χ2v) is 7.84. The van der Waals surface area contributed by atoms with Gasteiger partial charge in [0.05, 0.1) is 12.2 Å². The van der Waals surface area contributed by atoms with E-state index in [4.69, 9.17) is 21.1 Å². The summed E-state index contributed by atoms with van der Waals surface area (Å²) in [7, 11) is 2.00.